The Labute approximate surface area is 208 Å². The summed E-state index contributed by atoms with van der Waals surface area (Å²) >= 11 is 0. The van der Waals surface area contributed by atoms with E-state index in [1.165, 1.54) is 5.56 Å². The van der Waals surface area contributed by atoms with Crippen molar-refractivity contribution in [2.75, 3.05) is 19.8 Å². The van der Waals surface area contributed by atoms with Crippen molar-refractivity contribution < 1.29 is 13.9 Å². The molecule has 1 aromatic heterocycles. The summed E-state index contributed by atoms with van der Waals surface area (Å²) in [6.45, 7) is 12.4. The maximum absolute atomic E-state index is 6.04. The van der Waals surface area contributed by atoms with Crippen LogP contribution in [-0.2, 0) is 34.6 Å². The number of oxazole rings is 1. The summed E-state index contributed by atoms with van der Waals surface area (Å²) in [5.74, 6) is 2.27. The highest BCUT2D eigenvalue weighted by molar-refractivity contribution is 14.0. The standard InChI is InChI=1S/C24H36N4O3.HI/c1-5-25-23(28-16-22-26-15-21(31-22)24(2,3)4)27-14-18-7-6-8-19(13-18)17-30-20-9-11-29-12-10-20;/h6-8,13,15,20H,5,9-12,14,16-17H2,1-4H3,(H2,25,27,28);1H. The molecule has 1 aromatic carbocycles. The second kappa shape index (κ2) is 13.2. The third-order valence-corrected chi connectivity index (χ3v) is 5.11. The average molecular weight is 556 g/mol. The maximum atomic E-state index is 6.04. The van der Waals surface area contributed by atoms with E-state index in [-0.39, 0.29) is 29.4 Å². The Morgan fingerprint density at radius 3 is 2.62 bits per heavy atom. The Morgan fingerprint density at radius 1 is 1.19 bits per heavy atom. The Balaban J connectivity index is 0.00000363. The van der Waals surface area contributed by atoms with Crippen molar-refractivity contribution in [3.8, 4) is 0 Å². The van der Waals surface area contributed by atoms with Crippen LogP contribution in [0.25, 0.3) is 0 Å². The minimum absolute atomic E-state index is 0. The van der Waals surface area contributed by atoms with Crippen molar-refractivity contribution in [1.29, 1.82) is 0 Å². The zero-order valence-electron chi connectivity index (χ0n) is 19.6. The van der Waals surface area contributed by atoms with Gasteiger partial charge in [-0.3, -0.25) is 0 Å². The Hall–Kier alpha value is -1.65. The van der Waals surface area contributed by atoms with Gasteiger partial charge in [-0.15, -0.1) is 24.0 Å². The molecular formula is C24H37IN4O3. The van der Waals surface area contributed by atoms with E-state index in [1.54, 1.807) is 6.20 Å². The van der Waals surface area contributed by atoms with Crippen LogP contribution in [0.4, 0.5) is 0 Å². The van der Waals surface area contributed by atoms with Gasteiger partial charge in [0.05, 0.1) is 32.0 Å². The van der Waals surface area contributed by atoms with E-state index >= 15 is 0 Å². The predicted octanol–water partition coefficient (Wildman–Crippen LogP) is 4.54. The second-order valence-corrected chi connectivity index (χ2v) is 8.86. The second-order valence-electron chi connectivity index (χ2n) is 8.86. The normalized spacial score (nSPS) is 15.3. The third-order valence-electron chi connectivity index (χ3n) is 5.11. The fraction of sp³-hybridized carbons (Fsp3) is 0.583. The minimum atomic E-state index is -0.0523. The highest BCUT2D eigenvalue weighted by atomic mass is 127. The summed E-state index contributed by atoms with van der Waals surface area (Å²) in [5.41, 5.74) is 2.27. The van der Waals surface area contributed by atoms with E-state index in [1.807, 2.05) is 6.92 Å². The lowest BCUT2D eigenvalue weighted by Gasteiger charge is -2.22. The zero-order valence-corrected chi connectivity index (χ0v) is 22.0. The van der Waals surface area contributed by atoms with Gasteiger partial charge in [-0.1, -0.05) is 45.0 Å². The third kappa shape index (κ3) is 8.71. The first-order chi connectivity index (χ1) is 14.9. The van der Waals surface area contributed by atoms with Gasteiger partial charge in [0.15, 0.2) is 5.96 Å². The number of guanidine groups is 1. The van der Waals surface area contributed by atoms with E-state index < -0.39 is 0 Å². The fourth-order valence-electron chi connectivity index (χ4n) is 3.28. The molecule has 1 fully saturated rings. The van der Waals surface area contributed by atoms with Crippen molar-refractivity contribution in [2.45, 2.75) is 71.8 Å². The zero-order chi connectivity index (χ0) is 22.1. The summed E-state index contributed by atoms with van der Waals surface area (Å²) in [6.07, 6.45) is 4.05. The van der Waals surface area contributed by atoms with Crippen LogP contribution in [0.1, 0.15) is 63.3 Å². The number of hydrogen-bond donors (Lipinski definition) is 2. The Kier molecular flexibility index (Phi) is 10.9. The number of hydrogen-bond acceptors (Lipinski definition) is 5. The molecule has 0 amide bonds. The lowest BCUT2D eigenvalue weighted by atomic mass is 9.94. The van der Waals surface area contributed by atoms with Crippen molar-refractivity contribution >= 4 is 29.9 Å². The minimum Gasteiger partial charge on any atom is -0.443 e. The van der Waals surface area contributed by atoms with Crippen LogP contribution in [-0.4, -0.2) is 36.8 Å². The number of nitrogens with zero attached hydrogens (tertiary/aromatic N) is 2. The van der Waals surface area contributed by atoms with Crippen LogP contribution in [0.2, 0.25) is 0 Å². The van der Waals surface area contributed by atoms with E-state index in [4.69, 9.17) is 18.9 Å². The first-order valence-electron chi connectivity index (χ1n) is 11.2. The molecule has 0 unspecified atom stereocenters. The summed E-state index contributed by atoms with van der Waals surface area (Å²) in [5, 5.41) is 6.58. The largest absolute Gasteiger partial charge is 0.443 e. The number of aliphatic imine (C=N–C) groups is 1. The van der Waals surface area contributed by atoms with Gasteiger partial charge in [-0.25, -0.2) is 9.98 Å². The molecule has 0 atom stereocenters. The predicted molar refractivity (Wildman–Crippen MR) is 137 cm³/mol. The highest BCUT2D eigenvalue weighted by Crippen LogP contribution is 2.22. The average Bonchev–Trinajstić information content (AvgIpc) is 3.25. The Morgan fingerprint density at radius 2 is 1.94 bits per heavy atom. The Bertz CT molecular complexity index is 842. The molecule has 2 aromatic rings. The summed E-state index contributed by atoms with van der Waals surface area (Å²) in [4.78, 5) is 9.08. The van der Waals surface area contributed by atoms with Gasteiger partial charge in [-0.05, 0) is 30.9 Å². The van der Waals surface area contributed by atoms with Gasteiger partial charge >= 0.3 is 0 Å². The molecule has 0 saturated carbocycles. The number of halogens is 1. The molecule has 1 aliphatic heterocycles. The lowest BCUT2D eigenvalue weighted by molar-refractivity contribution is -0.0390. The van der Waals surface area contributed by atoms with Gasteiger partial charge in [0.1, 0.15) is 5.76 Å². The van der Waals surface area contributed by atoms with Crippen LogP contribution >= 0.6 is 24.0 Å². The molecule has 0 radical (unpaired) electrons. The molecule has 2 N–H and O–H groups in total. The molecular weight excluding hydrogens is 519 g/mol. The number of nitrogens with one attached hydrogen (secondary N) is 2. The molecule has 8 heteroatoms. The van der Waals surface area contributed by atoms with Crippen molar-refractivity contribution in [2.24, 2.45) is 4.99 Å². The van der Waals surface area contributed by atoms with Crippen molar-refractivity contribution in [3.63, 3.8) is 0 Å². The summed E-state index contributed by atoms with van der Waals surface area (Å²) in [7, 11) is 0. The maximum Gasteiger partial charge on any atom is 0.213 e. The van der Waals surface area contributed by atoms with Crippen LogP contribution in [0, 0.1) is 0 Å². The first-order valence-corrected chi connectivity index (χ1v) is 11.2. The van der Waals surface area contributed by atoms with Crippen LogP contribution in [0.15, 0.2) is 39.9 Å². The first kappa shape index (κ1) is 26.6. The van der Waals surface area contributed by atoms with Crippen LogP contribution in [0.5, 0.6) is 0 Å². The molecule has 3 rings (SSSR count). The van der Waals surface area contributed by atoms with Crippen LogP contribution < -0.4 is 10.6 Å². The van der Waals surface area contributed by atoms with E-state index in [9.17, 15) is 0 Å². The molecule has 0 aliphatic carbocycles. The SMILES string of the molecule is CCNC(=NCc1cccc(COC2CCOCC2)c1)NCc1ncc(C(C)(C)C)o1.I. The fourth-order valence-corrected chi connectivity index (χ4v) is 3.28. The number of aromatic nitrogens is 1. The van der Waals surface area contributed by atoms with Gasteiger partial charge in [-0.2, -0.15) is 0 Å². The molecule has 2 heterocycles. The van der Waals surface area contributed by atoms with Gasteiger partial charge in [0, 0.05) is 25.2 Å². The highest BCUT2D eigenvalue weighted by Gasteiger charge is 2.19. The molecule has 0 spiro atoms. The number of benzene rings is 1. The van der Waals surface area contributed by atoms with E-state index in [0.29, 0.717) is 31.7 Å². The topological polar surface area (TPSA) is 80.9 Å². The van der Waals surface area contributed by atoms with E-state index in [2.05, 4.69) is 60.7 Å². The van der Waals surface area contributed by atoms with Gasteiger partial charge in [0.2, 0.25) is 5.89 Å². The molecule has 0 bridgehead atoms. The van der Waals surface area contributed by atoms with Crippen molar-refractivity contribution in [1.82, 2.24) is 15.6 Å². The smallest absolute Gasteiger partial charge is 0.213 e. The quantitative estimate of drug-likeness (QED) is 0.283. The monoisotopic (exact) mass is 556 g/mol. The van der Waals surface area contributed by atoms with Crippen LogP contribution in [0.3, 0.4) is 0 Å². The van der Waals surface area contributed by atoms with Crippen molar-refractivity contribution in [3.05, 3.63) is 53.2 Å². The molecule has 1 saturated heterocycles. The molecule has 7 nitrogen and oxygen atoms in total. The van der Waals surface area contributed by atoms with E-state index in [0.717, 1.165) is 49.9 Å². The summed E-state index contributed by atoms with van der Waals surface area (Å²) in [6, 6.07) is 8.42. The lowest BCUT2D eigenvalue weighted by Crippen LogP contribution is -2.36. The molecule has 178 valence electrons. The number of rotatable bonds is 8. The summed E-state index contributed by atoms with van der Waals surface area (Å²) < 4.78 is 17.3. The van der Waals surface area contributed by atoms with Gasteiger partial charge < -0.3 is 24.5 Å². The molecule has 1 aliphatic rings. The molecule has 32 heavy (non-hydrogen) atoms. The van der Waals surface area contributed by atoms with Gasteiger partial charge in [0.25, 0.3) is 0 Å². The number of ether oxygens (including phenoxy) is 2.